The van der Waals surface area contributed by atoms with Crippen molar-refractivity contribution in [3.8, 4) is 0 Å². The minimum Gasteiger partial charge on any atom is -0.451 e. The third-order valence-corrected chi connectivity index (χ3v) is 3.40. The molecule has 0 atom stereocenters. The average Bonchev–Trinajstić information content (AvgIpc) is 2.45. The van der Waals surface area contributed by atoms with Gasteiger partial charge in [0.15, 0.2) is 6.29 Å². The lowest BCUT2D eigenvalue weighted by atomic mass is 9.84. The second-order valence-electron chi connectivity index (χ2n) is 4.34. The summed E-state index contributed by atoms with van der Waals surface area (Å²) in [5.74, 6) is -0.332. The molecule has 4 nitrogen and oxygen atoms in total. The largest absolute Gasteiger partial charge is 0.451 e. The van der Waals surface area contributed by atoms with Gasteiger partial charge in [-0.1, -0.05) is 0 Å². The van der Waals surface area contributed by atoms with E-state index < -0.39 is 5.60 Å². The maximum atomic E-state index is 11.4. The molecule has 0 aromatic heterocycles. The van der Waals surface area contributed by atoms with Crippen LogP contribution < -0.4 is 0 Å². The van der Waals surface area contributed by atoms with Crippen LogP contribution in [-0.2, 0) is 14.3 Å². The molecular weight excluding hydrogens is 194 g/mol. The monoisotopic (exact) mass is 209 g/mol. The third kappa shape index (κ3) is 1.49. The van der Waals surface area contributed by atoms with E-state index in [1.807, 2.05) is 7.05 Å². The van der Waals surface area contributed by atoms with Gasteiger partial charge in [0.1, 0.15) is 5.60 Å². The maximum absolute atomic E-state index is 11.4. The second-order valence-corrected chi connectivity index (χ2v) is 4.34. The molecule has 2 aliphatic rings. The van der Waals surface area contributed by atoms with Crippen LogP contribution in [0.1, 0.15) is 19.8 Å². The number of hydrogen-bond donors (Lipinski definition) is 0. The fourth-order valence-corrected chi connectivity index (χ4v) is 2.31. The van der Waals surface area contributed by atoms with Gasteiger partial charge in [0, 0.05) is 37.1 Å². The first-order chi connectivity index (χ1) is 7.09. The maximum Gasteiger partial charge on any atom is 0.335 e. The fraction of sp³-hybridized carbons (Fsp3) is 0.636. The van der Waals surface area contributed by atoms with Crippen LogP contribution >= 0.6 is 0 Å². The minimum absolute atomic E-state index is 0.332. The van der Waals surface area contributed by atoms with Crippen LogP contribution in [0.3, 0.4) is 0 Å². The zero-order valence-electron chi connectivity index (χ0n) is 9.08. The highest BCUT2D eigenvalue weighted by Crippen LogP contribution is 2.39. The van der Waals surface area contributed by atoms with Crippen LogP contribution in [0, 0.1) is 0 Å². The number of nitrogens with zero attached hydrogens (tertiary/aromatic N) is 1. The standard InChI is InChI=1S/C11H15NO3/c1-8-9(7-13)11(15-10(8)14)3-5-12(2)6-4-11/h7H,3-6H2,1-2H3. The molecule has 0 N–H and O–H groups in total. The van der Waals surface area contributed by atoms with Crippen molar-refractivity contribution >= 4 is 12.3 Å². The first-order valence-corrected chi connectivity index (χ1v) is 5.17. The quantitative estimate of drug-likeness (QED) is 0.466. The van der Waals surface area contributed by atoms with Gasteiger partial charge in [-0.05, 0) is 14.0 Å². The minimum atomic E-state index is -0.616. The van der Waals surface area contributed by atoms with Gasteiger partial charge in [0.25, 0.3) is 0 Å². The average molecular weight is 209 g/mol. The molecule has 0 bridgehead atoms. The summed E-state index contributed by atoms with van der Waals surface area (Å²) in [6.07, 6.45) is 2.23. The molecule has 0 amide bonds. The second kappa shape index (κ2) is 3.45. The predicted octanol–water partition coefficient (Wildman–Crippen LogP) is 0.523. The SMILES string of the molecule is CC1=C(C=O)C2(CCN(C)CC2)OC1=O. The Bertz CT molecular complexity index is 338. The highest BCUT2D eigenvalue weighted by atomic mass is 16.6. The Balaban J connectivity index is 2.30. The van der Waals surface area contributed by atoms with Crippen molar-refractivity contribution in [1.82, 2.24) is 4.90 Å². The molecule has 82 valence electrons. The number of aldehydes is 1. The Kier molecular flexibility index (Phi) is 2.38. The summed E-state index contributed by atoms with van der Waals surface area (Å²) in [6.45, 7) is 3.38. The molecule has 0 unspecified atom stereocenters. The van der Waals surface area contributed by atoms with Gasteiger partial charge in [-0.3, -0.25) is 4.79 Å². The lowest BCUT2D eigenvalue weighted by Gasteiger charge is -2.37. The normalized spacial score (nSPS) is 25.9. The summed E-state index contributed by atoms with van der Waals surface area (Å²) in [5.41, 5.74) is 0.422. The number of esters is 1. The summed E-state index contributed by atoms with van der Waals surface area (Å²) in [6, 6.07) is 0. The van der Waals surface area contributed by atoms with Gasteiger partial charge >= 0.3 is 5.97 Å². The van der Waals surface area contributed by atoms with Crippen LogP contribution in [0.25, 0.3) is 0 Å². The summed E-state index contributed by atoms with van der Waals surface area (Å²) in [7, 11) is 2.03. The molecule has 2 aliphatic heterocycles. The first kappa shape index (κ1) is 10.4. The van der Waals surface area contributed by atoms with Gasteiger partial charge in [0.2, 0.25) is 0 Å². The van der Waals surface area contributed by atoms with Crippen LogP contribution in [0.2, 0.25) is 0 Å². The first-order valence-electron chi connectivity index (χ1n) is 5.17. The van der Waals surface area contributed by atoms with E-state index in [0.29, 0.717) is 11.1 Å². The highest BCUT2D eigenvalue weighted by molar-refractivity contribution is 6.00. The smallest absolute Gasteiger partial charge is 0.335 e. The van der Waals surface area contributed by atoms with Gasteiger partial charge in [0.05, 0.1) is 0 Å². The zero-order valence-corrected chi connectivity index (χ0v) is 9.08. The molecule has 0 aromatic rings. The van der Waals surface area contributed by atoms with Gasteiger partial charge in [-0.15, -0.1) is 0 Å². The van der Waals surface area contributed by atoms with Crippen LogP contribution in [-0.4, -0.2) is 42.9 Å². The Labute approximate surface area is 88.9 Å². The topological polar surface area (TPSA) is 46.6 Å². The fourth-order valence-electron chi connectivity index (χ4n) is 2.31. The lowest BCUT2D eigenvalue weighted by molar-refractivity contribution is -0.150. The molecule has 0 aromatic carbocycles. The van der Waals surface area contributed by atoms with Crippen molar-refractivity contribution < 1.29 is 14.3 Å². The van der Waals surface area contributed by atoms with E-state index in [1.165, 1.54) is 0 Å². The highest BCUT2D eigenvalue weighted by Gasteiger charge is 2.47. The summed E-state index contributed by atoms with van der Waals surface area (Å²) in [5, 5.41) is 0. The van der Waals surface area contributed by atoms with E-state index in [1.54, 1.807) is 6.92 Å². The van der Waals surface area contributed by atoms with Crippen LogP contribution in [0.4, 0.5) is 0 Å². The molecule has 2 heterocycles. The van der Waals surface area contributed by atoms with Gasteiger partial charge in [-0.25, -0.2) is 4.79 Å². The van der Waals surface area contributed by atoms with Crippen molar-refractivity contribution in [1.29, 1.82) is 0 Å². The van der Waals surface area contributed by atoms with Gasteiger partial charge in [-0.2, -0.15) is 0 Å². The molecule has 0 aliphatic carbocycles. The summed E-state index contributed by atoms with van der Waals surface area (Å²) >= 11 is 0. The Hall–Kier alpha value is -1.16. The molecule has 0 radical (unpaired) electrons. The molecule has 0 saturated carbocycles. The van der Waals surface area contributed by atoms with Crippen LogP contribution in [0.15, 0.2) is 11.1 Å². The summed E-state index contributed by atoms with van der Waals surface area (Å²) < 4.78 is 5.38. The van der Waals surface area contributed by atoms with E-state index in [2.05, 4.69) is 4.90 Å². The van der Waals surface area contributed by atoms with E-state index in [0.717, 1.165) is 32.2 Å². The van der Waals surface area contributed by atoms with Crippen molar-refractivity contribution in [3.05, 3.63) is 11.1 Å². The molecular formula is C11H15NO3. The molecule has 1 fully saturated rings. The molecule has 1 saturated heterocycles. The predicted molar refractivity (Wildman–Crippen MR) is 54.3 cm³/mol. The summed E-state index contributed by atoms with van der Waals surface area (Å²) in [4.78, 5) is 24.6. The van der Waals surface area contributed by atoms with Gasteiger partial charge < -0.3 is 9.64 Å². The van der Waals surface area contributed by atoms with Crippen molar-refractivity contribution in [2.45, 2.75) is 25.4 Å². The molecule has 4 heteroatoms. The van der Waals surface area contributed by atoms with Crippen LogP contribution in [0.5, 0.6) is 0 Å². The third-order valence-electron chi connectivity index (χ3n) is 3.40. The number of piperidine rings is 1. The Morgan fingerprint density at radius 3 is 2.53 bits per heavy atom. The number of likely N-dealkylation sites (tertiary alicyclic amines) is 1. The molecule has 2 rings (SSSR count). The van der Waals surface area contributed by atoms with E-state index in [4.69, 9.17) is 4.74 Å². The Morgan fingerprint density at radius 2 is 2.00 bits per heavy atom. The van der Waals surface area contributed by atoms with Crippen molar-refractivity contribution in [2.24, 2.45) is 0 Å². The number of ether oxygens (including phenoxy) is 1. The number of carbonyl (C=O) groups is 2. The lowest BCUT2D eigenvalue weighted by Crippen LogP contribution is -2.44. The van der Waals surface area contributed by atoms with E-state index >= 15 is 0 Å². The molecule has 1 spiro atoms. The van der Waals surface area contributed by atoms with Crippen molar-refractivity contribution in [3.63, 3.8) is 0 Å². The van der Waals surface area contributed by atoms with Crippen molar-refractivity contribution in [2.75, 3.05) is 20.1 Å². The van der Waals surface area contributed by atoms with E-state index in [9.17, 15) is 9.59 Å². The number of hydrogen-bond acceptors (Lipinski definition) is 4. The Morgan fingerprint density at radius 1 is 1.40 bits per heavy atom. The molecule has 15 heavy (non-hydrogen) atoms. The van der Waals surface area contributed by atoms with E-state index in [-0.39, 0.29) is 5.97 Å². The number of carbonyl (C=O) groups excluding carboxylic acids is 2. The number of rotatable bonds is 1. The zero-order chi connectivity index (χ0) is 11.1.